The van der Waals surface area contributed by atoms with E-state index in [-0.39, 0.29) is 16.6 Å². The van der Waals surface area contributed by atoms with Crippen molar-refractivity contribution < 1.29 is 4.39 Å². The lowest BCUT2D eigenvalue weighted by Crippen LogP contribution is -2.47. The number of halogens is 1. The zero-order valence-electron chi connectivity index (χ0n) is 13.3. The van der Waals surface area contributed by atoms with E-state index in [1.54, 1.807) is 12.1 Å². The van der Waals surface area contributed by atoms with Crippen molar-refractivity contribution in [1.29, 1.82) is 0 Å². The molecule has 2 rings (SSSR count). The quantitative estimate of drug-likeness (QED) is 0.749. The van der Waals surface area contributed by atoms with Gasteiger partial charge in [0.05, 0.1) is 0 Å². The Morgan fingerprint density at radius 1 is 1.29 bits per heavy atom. The normalized spacial score (nSPS) is 19.2. The Balaban J connectivity index is 2.01. The highest BCUT2D eigenvalue weighted by Crippen LogP contribution is 2.47. The fraction of sp³-hybridized carbons (Fsp3) is 0.611. The zero-order chi connectivity index (χ0) is 15.5. The molecule has 1 aliphatic heterocycles. The first-order chi connectivity index (χ1) is 9.86. The summed E-state index contributed by atoms with van der Waals surface area (Å²) in [5.41, 5.74) is 1.30. The van der Waals surface area contributed by atoms with Gasteiger partial charge in [0.25, 0.3) is 0 Å². The molecule has 0 atom stereocenters. The average molecular weight is 288 g/mol. The third-order valence-corrected chi connectivity index (χ3v) is 5.08. The van der Waals surface area contributed by atoms with Crippen LogP contribution < -0.4 is 0 Å². The van der Waals surface area contributed by atoms with Crippen LogP contribution in [-0.4, -0.2) is 24.5 Å². The van der Waals surface area contributed by atoms with E-state index in [1.165, 1.54) is 6.07 Å². The van der Waals surface area contributed by atoms with E-state index >= 15 is 0 Å². The van der Waals surface area contributed by atoms with Crippen molar-refractivity contribution in [2.75, 3.05) is 19.6 Å². The summed E-state index contributed by atoms with van der Waals surface area (Å²) >= 11 is 0. The molecule has 21 heavy (non-hydrogen) atoms. The maximum atomic E-state index is 13.2. The second-order valence-corrected chi connectivity index (χ2v) is 7.25. The van der Waals surface area contributed by atoms with Gasteiger partial charge in [0, 0.05) is 12.0 Å². The molecule has 1 aliphatic rings. The lowest BCUT2D eigenvalue weighted by Gasteiger charge is -2.46. The summed E-state index contributed by atoms with van der Waals surface area (Å²) in [6.45, 7) is 17.4. The van der Waals surface area contributed by atoms with Crippen LogP contribution in [0.3, 0.4) is 0 Å². The predicted molar refractivity (Wildman–Crippen MR) is 84.3 cm³/mol. The first-order valence-corrected chi connectivity index (χ1v) is 7.66. The molecule has 1 aromatic carbocycles. The number of benzene rings is 1. The topological polar surface area (TPSA) is 7.60 Å². The van der Waals surface area contributed by atoms with Crippen LogP contribution in [0.4, 0.5) is 4.39 Å². The van der Waals surface area contributed by atoms with Gasteiger partial charge in [-0.05, 0) is 49.0 Å². The van der Waals surface area contributed by atoms with Gasteiger partial charge in [-0.3, -0.25) is 4.90 Å². The molecule has 0 amide bonds. The van der Waals surface area contributed by atoms with Gasteiger partial charge in [0.2, 0.25) is 6.54 Å². The Hall–Kier alpha value is -1.40. The second-order valence-electron chi connectivity index (χ2n) is 7.25. The van der Waals surface area contributed by atoms with E-state index in [2.05, 4.69) is 30.5 Å². The van der Waals surface area contributed by atoms with Gasteiger partial charge in [-0.25, -0.2) is 11.0 Å². The second kappa shape index (κ2) is 6.15. The highest BCUT2D eigenvalue weighted by molar-refractivity contribution is 5.16. The maximum absolute atomic E-state index is 13.2. The molecule has 1 aromatic rings. The van der Waals surface area contributed by atoms with Crippen molar-refractivity contribution in [2.24, 2.45) is 10.8 Å². The van der Waals surface area contributed by atoms with Crippen molar-refractivity contribution >= 4 is 0 Å². The minimum atomic E-state index is -0.165. The SMILES string of the molecule is [C-]#[N+]CC1(C(C)(C)C)CCN(Cc2cccc(F)c2)CC1. The molecule has 0 aromatic heterocycles. The monoisotopic (exact) mass is 288 g/mol. The van der Waals surface area contributed by atoms with Crippen molar-refractivity contribution in [3.63, 3.8) is 0 Å². The van der Waals surface area contributed by atoms with Gasteiger partial charge in [-0.2, -0.15) is 0 Å². The van der Waals surface area contributed by atoms with Crippen molar-refractivity contribution in [3.8, 4) is 0 Å². The first-order valence-electron chi connectivity index (χ1n) is 7.66. The zero-order valence-corrected chi connectivity index (χ0v) is 13.3. The molecule has 0 spiro atoms. The molecule has 0 aliphatic carbocycles. The van der Waals surface area contributed by atoms with E-state index in [9.17, 15) is 4.39 Å². The van der Waals surface area contributed by atoms with Crippen LogP contribution in [0.25, 0.3) is 4.85 Å². The molecule has 0 saturated carbocycles. The summed E-state index contributed by atoms with van der Waals surface area (Å²) in [7, 11) is 0. The Labute approximate surface area is 127 Å². The van der Waals surface area contributed by atoms with Crippen molar-refractivity contribution in [3.05, 3.63) is 47.1 Å². The van der Waals surface area contributed by atoms with E-state index < -0.39 is 0 Å². The Kier molecular flexibility index (Phi) is 4.68. The summed E-state index contributed by atoms with van der Waals surface area (Å²) in [6.07, 6.45) is 2.10. The summed E-state index contributed by atoms with van der Waals surface area (Å²) in [5.74, 6) is -0.165. The number of nitrogens with zero attached hydrogens (tertiary/aromatic N) is 2. The Morgan fingerprint density at radius 3 is 2.48 bits per heavy atom. The van der Waals surface area contributed by atoms with Crippen LogP contribution in [0, 0.1) is 23.2 Å². The Bertz CT molecular complexity index is 517. The molecule has 0 bridgehead atoms. The molecule has 114 valence electrons. The lowest BCUT2D eigenvalue weighted by atomic mass is 9.61. The number of hydrogen-bond acceptors (Lipinski definition) is 1. The summed E-state index contributed by atoms with van der Waals surface area (Å²) in [4.78, 5) is 6.08. The highest BCUT2D eigenvalue weighted by atomic mass is 19.1. The van der Waals surface area contributed by atoms with E-state index in [0.717, 1.165) is 38.0 Å². The van der Waals surface area contributed by atoms with Gasteiger partial charge >= 0.3 is 0 Å². The van der Waals surface area contributed by atoms with Crippen molar-refractivity contribution in [1.82, 2.24) is 4.90 Å². The minimum Gasteiger partial charge on any atom is -0.316 e. The maximum Gasteiger partial charge on any atom is 0.220 e. The molecular formula is C18H25FN2. The summed E-state index contributed by atoms with van der Waals surface area (Å²) in [6, 6.07) is 6.85. The largest absolute Gasteiger partial charge is 0.316 e. The fourth-order valence-corrected chi connectivity index (χ4v) is 3.33. The van der Waals surface area contributed by atoms with Gasteiger partial charge in [0.15, 0.2) is 0 Å². The van der Waals surface area contributed by atoms with Crippen LogP contribution in [0.15, 0.2) is 24.3 Å². The molecule has 0 N–H and O–H groups in total. The van der Waals surface area contributed by atoms with Gasteiger partial charge < -0.3 is 4.85 Å². The standard InChI is InChI=1S/C18H25FN2/c1-17(2,3)18(14-20-4)8-10-21(11-9-18)13-15-6-5-7-16(19)12-15/h5-7,12H,8-11,13-14H2,1-3H3. The van der Waals surface area contributed by atoms with E-state index in [0.29, 0.717) is 6.54 Å². The average Bonchev–Trinajstić information content (AvgIpc) is 2.40. The lowest BCUT2D eigenvalue weighted by molar-refractivity contribution is 0.0173. The molecule has 1 heterocycles. The molecule has 3 heteroatoms. The molecule has 1 saturated heterocycles. The van der Waals surface area contributed by atoms with Gasteiger partial charge in [-0.1, -0.05) is 32.9 Å². The van der Waals surface area contributed by atoms with Gasteiger partial charge in [-0.15, -0.1) is 0 Å². The molecule has 0 unspecified atom stereocenters. The van der Waals surface area contributed by atoms with E-state index in [4.69, 9.17) is 6.57 Å². The van der Waals surface area contributed by atoms with Crippen LogP contribution in [0.2, 0.25) is 0 Å². The first kappa shape index (κ1) is 16.0. The van der Waals surface area contributed by atoms with E-state index in [1.807, 2.05) is 6.07 Å². The molecule has 1 fully saturated rings. The summed E-state index contributed by atoms with van der Waals surface area (Å²) < 4.78 is 13.2. The predicted octanol–water partition coefficient (Wildman–Crippen LogP) is 4.37. The Morgan fingerprint density at radius 2 is 1.95 bits per heavy atom. The third kappa shape index (κ3) is 3.63. The minimum absolute atomic E-state index is 0.118. The number of hydrogen-bond donors (Lipinski definition) is 0. The van der Waals surface area contributed by atoms with Crippen LogP contribution >= 0.6 is 0 Å². The number of piperidine rings is 1. The molecular weight excluding hydrogens is 263 g/mol. The number of likely N-dealkylation sites (tertiary alicyclic amines) is 1. The summed E-state index contributed by atoms with van der Waals surface area (Å²) in [5, 5.41) is 0. The highest BCUT2D eigenvalue weighted by Gasteiger charge is 2.46. The van der Waals surface area contributed by atoms with Gasteiger partial charge in [0.1, 0.15) is 5.82 Å². The van der Waals surface area contributed by atoms with Crippen LogP contribution in [0.5, 0.6) is 0 Å². The third-order valence-electron chi connectivity index (χ3n) is 5.08. The van der Waals surface area contributed by atoms with Crippen LogP contribution in [-0.2, 0) is 6.54 Å². The molecule has 0 radical (unpaired) electrons. The molecule has 2 nitrogen and oxygen atoms in total. The van der Waals surface area contributed by atoms with Crippen molar-refractivity contribution in [2.45, 2.75) is 40.2 Å². The van der Waals surface area contributed by atoms with Crippen LogP contribution in [0.1, 0.15) is 39.2 Å². The number of rotatable bonds is 3. The smallest absolute Gasteiger partial charge is 0.220 e. The fourth-order valence-electron chi connectivity index (χ4n) is 3.33.